The predicted molar refractivity (Wildman–Crippen MR) is 88.7 cm³/mol. The molecule has 0 aromatic rings. The van der Waals surface area contributed by atoms with E-state index in [2.05, 4.69) is 22.5 Å². The zero-order valence-electron chi connectivity index (χ0n) is 14.4. The number of rotatable bonds is 8. The van der Waals surface area contributed by atoms with E-state index in [1.807, 2.05) is 6.92 Å². The summed E-state index contributed by atoms with van der Waals surface area (Å²) in [6, 6.07) is 0. The molecule has 1 aliphatic rings. The van der Waals surface area contributed by atoms with Crippen LogP contribution in [-0.2, 0) is 0 Å². The van der Waals surface area contributed by atoms with Gasteiger partial charge in [-0.1, -0.05) is 13.3 Å². The van der Waals surface area contributed by atoms with Gasteiger partial charge in [-0.25, -0.2) is 0 Å². The van der Waals surface area contributed by atoms with E-state index in [1.54, 1.807) is 0 Å². The van der Waals surface area contributed by atoms with Gasteiger partial charge < -0.3 is 10.6 Å². The summed E-state index contributed by atoms with van der Waals surface area (Å²) in [6.45, 7) is 6.97. The lowest BCUT2D eigenvalue weighted by molar-refractivity contribution is -0.148. The number of halogens is 3. The standard InChI is InChI=1S/C16H31F3N4/c1-3-5-9-21-15(20-4-2)22-10-6-14-7-11-23(12-8-14)13-16(17,18)19/h14H,3-13H2,1-2H3,(H2,20,21,22). The third-order valence-corrected chi connectivity index (χ3v) is 4.08. The normalized spacial score (nSPS) is 18.2. The van der Waals surface area contributed by atoms with Gasteiger partial charge >= 0.3 is 6.18 Å². The first-order valence-electron chi connectivity index (χ1n) is 8.76. The van der Waals surface area contributed by atoms with E-state index in [0.717, 1.165) is 57.7 Å². The quantitative estimate of drug-likeness (QED) is 0.407. The Morgan fingerprint density at radius 3 is 2.43 bits per heavy atom. The Morgan fingerprint density at radius 1 is 1.17 bits per heavy atom. The van der Waals surface area contributed by atoms with Crippen LogP contribution in [0.15, 0.2) is 4.99 Å². The first kappa shape index (κ1) is 20.1. The van der Waals surface area contributed by atoms with Crippen LogP contribution in [0.1, 0.15) is 46.0 Å². The molecular formula is C16H31F3N4. The highest BCUT2D eigenvalue weighted by molar-refractivity contribution is 5.79. The SMILES string of the molecule is CCCCN=C(NCC)NCCC1CCN(CC(F)(F)F)CC1. The van der Waals surface area contributed by atoms with Gasteiger partial charge in [-0.05, 0) is 51.6 Å². The molecule has 23 heavy (non-hydrogen) atoms. The van der Waals surface area contributed by atoms with E-state index in [4.69, 9.17) is 0 Å². The summed E-state index contributed by atoms with van der Waals surface area (Å²) in [5.41, 5.74) is 0. The molecule has 4 nitrogen and oxygen atoms in total. The molecule has 0 spiro atoms. The topological polar surface area (TPSA) is 39.7 Å². The molecule has 136 valence electrons. The lowest BCUT2D eigenvalue weighted by atomic mass is 9.93. The van der Waals surface area contributed by atoms with Gasteiger partial charge in [0.25, 0.3) is 0 Å². The number of nitrogens with zero attached hydrogens (tertiary/aromatic N) is 2. The van der Waals surface area contributed by atoms with Crippen molar-refractivity contribution in [1.82, 2.24) is 15.5 Å². The summed E-state index contributed by atoms with van der Waals surface area (Å²) in [6.07, 6.45) is 0.804. The third-order valence-electron chi connectivity index (χ3n) is 4.08. The Kier molecular flexibility index (Phi) is 9.36. The second kappa shape index (κ2) is 10.7. The maximum atomic E-state index is 12.4. The van der Waals surface area contributed by atoms with E-state index >= 15 is 0 Å². The number of hydrogen-bond acceptors (Lipinski definition) is 2. The van der Waals surface area contributed by atoms with Crippen molar-refractivity contribution in [2.75, 3.05) is 39.3 Å². The zero-order valence-corrected chi connectivity index (χ0v) is 14.4. The van der Waals surface area contributed by atoms with Gasteiger partial charge in [-0.2, -0.15) is 13.2 Å². The minimum absolute atomic E-state index is 0.505. The van der Waals surface area contributed by atoms with Crippen molar-refractivity contribution in [3.05, 3.63) is 0 Å². The number of likely N-dealkylation sites (tertiary alicyclic amines) is 1. The first-order chi connectivity index (χ1) is 10.9. The van der Waals surface area contributed by atoms with Crippen LogP contribution in [0.5, 0.6) is 0 Å². The van der Waals surface area contributed by atoms with Gasteiger partial charge in [0.05, 0.1) is 6.54 Å². The van der Waals surface area contributed by atoms with Crippen molar-refractivity contribution < 1.29 is 13.2 Å². The number of alkyl halides is 3. The van der Waals surface area contributed by atoms with Crippen molar-refractivity contribution in [1.29, 1.82) is 0 Å². The van der Waals surface area contributed by atoms with Crippen molar-refractivity contribution in [3.8, 4) is 0 Å². The summed E-state index contributed by atoms with van der Waals surface area (Å²) < 4.78 is 37.1. The van der Waals surface area contributed by atoms with Crippen molar-refractivity contribution in [2.24, 2.45) is 10.9 Å². The minimum Gasteiger partial charge on any atom is -0.357 e. The molecule has 1 heterocycles. The molecule has 0 saturated carbocycles. The molecular weight excluding hydrogens is 305 g/mol. The Labute approximate surface area is 137 Å². The molecule has 0 radical (unpaired) electrons. The lowest BCUT2D eigenvalue weighted by Crippen LogP contribution is -2.41. The highest BCUT2D eigenvalue weighted by Crippen LogP contribution is 2.23. The van der Waals surface area contributed by atoms with E-state index < -0.39 is 12.7 Å². The van der Waals surface area contributed by atoms with Crippen molar-refractivity contribution in [2.45, 2.75) is 52.1 Å². The molecule has 7 heteroatoms. The summed E-state index contributed by atoms with van der Waals surface area (Å²) in [7, 11) is 0. The zero-order chi connectivity index (χ0) is 17.1. The van der Waals surface area contributed by atoms with Crippen LogP contribution in [0.2, 0.25) is 0 Å². The second-order valence-corrected chi connectivity index (χ2v) is 6.16. The van der Waals surface area contributed by atoms with Crippen LogP contribution in [0, 0.1) is 5.92 Å². The molecule has 0 aromatic carbocycles. The van der Waals surface area contributed by atoms with Crippen molar-refractivity contribution >= 4 is 5.96 Å². The number of unbranched alkanes of at least 4 members (excludes halogenated alkanes) is 1. The third kappa shape index (κ3) is 9.69. The average molecular weight is 336 g/mol. The van der Waals surface area contributed by atoms with E-state index in [1.165, 1.54) is 4.90 Å². The molecule has 0 amide bonds. The predicted octanol–water partition coefficient (Wildman–Crippen LogP) is 3.01. The Balaban J connectivity index is 2.21. The fourth-order valence-electron chi connectivity index (χ4n) is 2.77. The van der Waals surface area contributed by atoms with Gasteiger partial charge in [-0.3, -0.25) is 9.89 Å². The van der Waals surface area contributed by atoms with E-state index in [9.17, 15) is 13.2 Å². The maximum absolute atomic E-state index is 12.4. The van der Waals surface area contributed by atoms with E-state index in [-0.39, 0.29) is 0 Å². The highest BCUT2D eigenvalue weighted by atomic mass is 19.4. The van der Waals surface area contributed by atoms with Crippen LogP contribution in [-0.4, -0.2) is 56.3 Å². The highest BCUT2D eigenvalue weighted by Gasteiger charge is 2.32. The van der Waals surface area contributed by atoms with Gasteiger partial charge in [0.2, 0.25) is 0 Å². The number of aliphatic imine (C=N–C) groups is 1. The molecule has 0 aliphatic carbocycles. The minimum atomic E-state index is -4.08. The smallest absolute Gasteiger partial charge is 0.357 e. The average Bonchev–Trinajstić information content (AvgIpc) is 2.48. The summed E-state index contributed by atoms with van der Waals surface area (Å²) >= 11 is 0. The molecule has 2 N–H and O–H groups in total. The molecule has 1 rings (SSSR count). The van der Waals surface area contributed by atoms with Crippen LogP contribution >= 0.6 is 0 Å². The molecule has 1 fully saturated rings. The summed E-state index contributed by atoms with van der Waals surface area (Å²) in [4.78, 5) is 6.01. The van der Waals surface area contributed by atoms with E-state index in [0.29, 0.717) is 19.0 Å². The van der Waals surface area contributed by atoms with Gasteiger partial charge in [0.15, 0.2) is 5.96 Å². The molecule has 1 aliphatic heterocycles. The summed E-state index contributed by atoms with van der Waals surface area (Å²) in [5.74, 6) is 1.35. The molecule has 0 atom stereocenters. The van der Waals surface area contributed by atoms with Crippen LogP contribution in [0.4, 0.5) is 13.2 Å². The Bertz CT molecular complexity index is 337. The Morgan fingerprint density at radius 2 is 1.87 bits per heavy atom. The summed E-state index contributed by atoms with van der Waals surface area (Å²) in [5, 5.41) is 6.54. The molecule has 0 aromatic heterocycles. The maximum Gasteiger partial charge on any atom is 0.401 e. The lowest BCUT2D eigenvalue weighted by Gasteiger charge is -2.32. The fraction of sp³-hybridized carbons (Fsp3) is 0.938. The Hall–Kier alpha value is -0.980. The molecule has 0 unspecified atom stereocenters. The fourth-order valence-corrected chi connectivity index (χ4v) is 2.77. The van der Waals surface area contributed by atoms with Gasteiger partial charge in [0.1, 0.15) is 0 Å². The monoisotopic (exact) mass is 336 g/mol. The first-order valence-corrected chi connectivity index (χ1v) is 8.76. The number of nitrogens with one attached hydrogen (secondary N) is 2. The number of piperidine rings is 1. The molecule has 0 bridgehead atoms. The van der Waals surface area contributed by atoms with Crippen LogP contribution in [0.25, 0.3) is 0 Å². The molecule has 1 saturated heterocycles. The second-order valence-electron chi connectivity index (χ2n) is 6.16. The van der Waals surface area contributed by atoms with Gasteiger partial charge in [-0.15, -0.1) is 0 Å². The number of hydrogen-bond donors (Lipinski definition) is 2. The number of guanidine groups is 1. The van der Waals surface area contributed by atoms with Crippen LogP contribution in [0.3, 0.4) is 0 Å². The largest absolute Gasteiger partial charge is 0.401 e. The van der Waals surface area contributed by atoms with Crippen molar-refractivity contribution in [3.63, 3.8) is 0 Å². The van der Waals surface area contributed by atoms with Crippen LogP contribution < -0.4 is 10.6 Å². The van der Waals surface area contributed by atoms with Gasteiger partial charge in [0, 0.05) is 19.6 Å².